The summed E-state index contributed by atoms with van der Waals surface area (Å²) in [6, 6.07) is 43.8. The first-order valence-corrected chi connectivity index (χ1v) is 15.1. The SMILES string of the molecule is C=C.CN[C@H]1CN(Cc2ccccc2)C[C@@H]1c1ccccc1.NC=O.c1ccc(CN2CC[C@@H](c3ccccc3)C2)cc1. The second-order valence-corrected chi connectivity index (χ2v) is 10.8. The van der Waals surface area contributed by atoms with Crippen molar-refractivity contribution in [3.8, 4) is 0 Å². The molecule has 6 rings (SSSR count). The molecule has 43 heavy (non-hydrogen) atoms. The van der Waals surface area contributed by atoms with Crippen LogP contribution in [-0.2, 0) is 17.9 Å². The number of rotatable bonds is 7. The van der Waals surface area contributed by atoms with Gasteiger partial charge in [0, 0.05) is 44.7 Å². The largest absolute Gasteiger partial charge is 0.372 e. The molecule has 3 atom stereocenters. The van der Waals surface area contributed by atoms with Crippen molar-refractivity contribution in [1.29, 1.82) is 0 Å². The van der Waals surface area contributed by atoms with Crippen LogP contribution < -0.4 is 11.1 Å². The zero-order chi connectivity index (χ0) is 30.7. The minimum atomic E-state index is 0.250. The summed E-state index contributed by atoms with van der Waals surface area (Å²) in [7, 11) is 2.08. The number of likely N-dealkylation sites (tertiary alicyclic amines) is 2. The van der Waals surface area contributed by atoms with Gasteiger partial charge in [0.05, 0.1) is 0 Å². The number of benzene rings is 4. The van der Waals surface area contributed by atoms with Crippen molar-refractivity contribution >= 4 is 6.41 Å². The molecule has 0 saturated carbocycles. The number of hydrogen-bond acceptors (Lipinski definition) is 4. The highest BCUT2D eigenvalue weighted by atomic mass is 16.1. The molecule has 226 valence electrons. The number of carbonyl (C=O) groups is 1. The molecule has 0 bridgehead atoms. The molecule has 5 nitrogen and oxygen atoms in total. The Balaban J connectivity index is 0.000000206. The summed E-state index contributed by atoms with van der Waals surface area (Å²) in [5.74, 6) is 1.31. The molecule has 2 saturated heterocycles. The summed E-state index contributed by atoms with van der Waals surface area (Å²) in [6.45, 7) is 12.8. The van der Waals surface area contributed by atoms with Gasteiger partial charge in [-0.2, -0.15) is 0 Å². The zero-order valence-corrected chi connectivity index (χ0v) is 25.6. The number of nitrogens with zero attached hydrogens (tertiary/aromatic N) is 2. The van der Waals surface area contributed by atoms with Gasteiger partial charge in [-0.25, -0.2) is 0 Å². The van der Waals surface area contributed by atoms with Crippen LogP contribution in [0.2, 0.25) is 0 Å². The average molecular weight is 577 g/mol. The number of nitrogens with two attached hydrogens (primary N) is 1. The smallest absolute Gasteiger partial charge is 0.204 e. The third-order valence-electron chi connectivity index (χ3n) is 8.04. The van der Waals surface area contributed by atoms with E-state index in [-0.39, 0.29) is 6.41 Å². The highest BCUT2D eigenvalue weighted by Gasteiger charge is 2.32. The quantitative estimate of drug-likeness (QED) is 0.196. The van der Waals surface area contributed by atoms with Gasteiger partial charge >= 0.3 is 0 Å². The van der Waals surface area contributed by atoms with Crippen LogP contribution in [-0.4, -0.2) is 55.5 Å². The Kier molecular flexibility index (Phi) is 15.0. The van der Waals surface area contributed by atoms with E-state index in [9.17, 15) is 0 Å². The van der Waals surface area contributed by atoms with Crippen LogP contribution in [0.4, 0.5) is 0 Å². The highest BCUT2D eigenvalue weighted by molar-refractivity contribution is 5.42. The van der Waals surface area contributed by atoms with E-state index in [0.29, 0.717) is 12.0 Å². The normalized spacial score (nSPS) is 19.5. The van der Waals surface area contributed by atoms with E-state index in [1.807, 2.05) is 0 Å². The second-order valence-electron chi connectivity index (χ2n) is 10.8. The zero-order valence-electron chi connectivity index (χ0n) is 25.6. The third kappa shape index (κ3) is 11.0. The fourth-order valence-corrected chi connectivity index (χ4v) is 6.00. The standard InChI is InChI=1S/C18H22N2.C17H19N.C2H4.CH3NO/c1-19-18-14-20(12-15-8-4-2-5-9-15)13-17(18)16-10-6-3-7-11-16;1-3-7-15(8-4-1)13-18-12-11-17(14-18)16-9-5-2-6-10-16;1-2;2-1-3/h2-11,17-19H,12-14H2,1H3;1-10,17H,11-14H2;1-2H2;1H,(H2,2,3)/t17-,18+;17-;;/m11../s1. The van der Waals surface area contributed by atoms with Gasteiger partial charge in [0.15, 0.2) is 0 Å². The van der Waals surface area contributed by atoms with Crippen LogP contribution in [0.3, 0.4) is 0 Å². The Labute approximate surface area is 259 Å². The van der Waals surface area contributed by atoms with Gasteiger partial charge in [-0.3, -0.25) is 14.6 Å². The Morgan fingerprint density at radius 1 is 0.698 bits per heavy atom. The number of carbonyl (C=O) groups excluding carboxylic acids is 1. The summed E-state index contributed by atoms with van der Waals surface area (Å²) in [6.07, 6.45) is 1.54. The first kappa shape index (κ1) is 33.5. The molecule has 0 unspecified atom stereocenters. The molecule has 0 aliphatic carbocycles. The number of likely N-dealkylation sites (N-methyl/N-ethyl adjacent to an activating group) is 1. The van der Waals surface area contributed by atoms with Crippen molar-refractivity contribution in [2.45, 2.75) is 37.4 Å². The predicted molar refractivity (Wildman–Crippen MR) is 181 cm³/mol. The fourth-order valence-electron chi connectivity index (χ4n) is 6.00. The number of primary amides is 1. The molecular formula is C38H48N4O. The van der Waals surface area contributed by atoms with Crippen molar-refractivity contribution in [2.75, 3.05) is 33.2 Å². The van der Waals surface area contributed by atoms with Crippen LogP contribution >= 0.6 is 0 Å². The molecule has 2 heterocycles. The van der Waals surface area contributed by atoms with E-state index in [0.717, 1.165) is 32.1 Å². The van der Waals surface area contributed by atoms with E-state index in [1.165, 1.54) is 41.8 Å². The maximum absolute atomic E-state index is 8.58. The van der Waals surface area contributed by atoms with Crippen LogP contribution in [0.25, 0.3) is 0 Å². The summed E-state index contributed by atoms with van der Waals surface area (Å²) in [4.78, 5) is 13.7. The molecule has 2 aliphatic rings. The molecule has 2 aliphatic heterocycles. The minimum absolute atomic E-state index is 0.250. The van der Waals surface area contributed by atoms with E-state index in [1.54, 1.807) is 0 Å². The van der Waals surface area contributed by atoms with Gasteiger partial charge < -0.3 is 11.1 Å². The second kappa shape index (κ2) is 19.2. The monoisotopic (exact) mass is 576 g/mol. The fraction of sp³-hybridized carbons (Fsp3) is 0.289. The van der Waals surface area contributed by atoms with E-state index < -0.39 is 0 Å². The van der Waals surface area contributed by atoms with Crippen LogP contribution in [0.15, 0.2) is 134 Å². The van der Waals surface area contributed by atoms with E-state index in [4.69, 9.17) is 4.79 Å². The molecular weight excluding hydrogens is 528 g/mol. The van der Waals surface area contributed by atoms with Crippen LogP contribution in [0, 0.1) is 0 Å². The van der Waals surface area contributed by atoms with Gasteiger partial charge in [0.2, 0.25) is 6.41 Å². The first-order valence-electron chi connectivity index (χ1n) is 15.1. The van der Waals surface area contributed by atoms with Gasteiger partial charge in [0.1, 0.15) is 0 Å². The van der Waals surface area contributed by atoms with E-state index in [2.05, 4.69) is 162 Å². The first-order chi connectivity index (χ1) is 21.2. The van der Waals surface area contributed by atoms with Gasteiger partial charge in [0.25, 0.3) is 0 Å². The lowest BCUT2D eigenvalue weighted by Crippen LogP contribution is -2.32. The van der Waals surface area contributed by atoms with E-state index >= 15 is 0 Å². The van der Waals surface area contributed by atoms with Gasteiger partial charge in [-0.05, 0) is 48.2 Å². The Morgan fingerprint density at radius 3 is 1.63 bits per heavy atom. The van der Waals surface area contributed by atoms with Gasteiger partial charge in [-0.15, -0.1) is 13.2 Å². The number of amides is 1. The molecule has 0 radical (unpaired) electrons. The van der Waals surface area contributed by atoms with Crippen molar-refractivity contribution in [2.24, 2.45) is 5.73 Å². The summed E-state index contributed by atoms with van der Waals surface area (Å²) < 4.78 is 0. The van der Waals surface area contributed by atoms with Crippen molar-refractivity contribution in [3.05, 3.63) is 157 Å². The number of hydrogen-bond donors (Lipinski definition) is 2. The van der Waals surface area contributed by atoms with Crippen molar-refractivity contribution < 1.29 is 4.79 Å². The summed E-state index contributed by atoms with van der Waals surface area (Å²) in [5, 5.41) is 3.49. The van der Waals surface area contributed by atoms with Crippen molar-refractivity contribution in [3.63, 3.8) is 0 Å². The minimum Gasteiger partial charge on any atom is -0.372 e. The lowest BCUT2D eigenvalue weighted by molar-refractivity contribution is -0.106. The van der Waals surface area contributed by atoms with Gasteiger partial charge in [-0.1, -0.05) is 121 Å². The van der Waals surface area contributed by atoms with Crippen LogP contribution in [0.5, 0.6) is 0 Å². The molecule has 0 aromatic heterocycles. The molecule has 3 N–H and O–H groups in total. The maximum atomic E-state index is 8.58. The van der Waals surface area contributed by atoms with Crippen LogP contribution in [0.1, 0.15) is 40.5 Å². The molecule has 2 fully saturated rings. The molecule has 4 aromatic carbocycles. The molecule has 5 heteroatoms. The molecule has 4 aromatic rings. The molecule has 0 spiro atoms. The summed E-state index contributed by atoms with van der Waals surface area (Å²) >= 11 is 0. The lowest BCUT2D eigenvalue weighted by atomic mass is 9.94. The molecule has 1 amide bonds. The number of nitrogens with one attached hydrogen (secondary N) is 1. The predicted octanol–water partition coefficient (Wildman–Crippen LogP) is 6.45. The summed E-state index contributed by atoms with van der Waals surface area (Å²) in [5.41, 5.74) is 9.93. The Morgan fingerprint density at radius 2 is 1.14 bits per heavy atom. The Bertz CT molecular complexity index is 1270. The average Bonchev–Trinajstić information content (AvgIpc) is 3.72. The third-order valence-corrected chi connectivity index (χ3v) is 8.04. The topological polar surface area (TPSA) is 61.6 Å². The maximum Gasteiger partial charge on any atom is 0.204 e. The highest BCUT2D eigenvalue weighted by Crippen LogP contribution is 2.29. The lowest BCUT2D eigenvalue weighted by Gasteiger charge is -2.17. The Hall–Kier alpha value is -4.03. The van der Waals surface area contributed by atoms with Crippen molar-refractivity contribution in [1.82, 2.24) is 15.1 Å².